The van der Waals surface area contributed by atoms with Gasteiger partial charge in [-0.1, -0.05) is 25.1 Å². The van der Waals surface area contributed by atoms with Crippen LogP contribution in [-0.2, 0) is 21.2 Å². The monoisotopic (exact) mass is 336 g/mol. The second-order valence-corrected chi connectivity index (χ2v) is 8.38. The van der Waals surface area contributed by atoms with Gasteiger partial charge >= 0.3 is 0 Å². The number of benzene rings is 1. The molecule has 1 aromatic carbocycles. The van der Waals surface area contributed by atoms with Crippen LogP contribution in [0.3, 0.4) is 0 Å². The summed E-state index contributed by atoms with van der Waals surface area (Å²) in [5.74, 6) is -1.11. The van der Waals surface area contributed by atoms with Crippen molar-refractivity contribution in [2.24, 2.45) is 5.73 Å². The quantitative estimate of drug-likeness (QED) is 0.928. The number of fused-ring (bicyclic) bond motifs is 1. The molecule has 0 saturated carbocycles. The molecule has 0 unspecified atom stereocenters. The lowest BCUT2D eigenvalue weighted by Crippen LogP contribution is -2.32. The number of thiophene rings is 1. The van der Waals surface area contributed by atoms with Crippen LogP contribution in [0.25, 0.3) is 0 Å². The van der Waals surface area contributed by atoms with Crippen LogP contribution in [0.15, 0.2) is 40.6 Å². The zero-order valence-corrected chi connectivity index (χ0v) is 13.7. The summed E-state index contributed by atoms with van der Waals surface area (Å²) in [4.78, 5) is 12.6. The summed E-state index contributed by atoms with van der Waals surface area (Å²) in [5, 5.41) is 0. The van der Waals surface area contributed by atoms with E-state index in [1.165, 1.54) is 15.6 Å². The van der Waals surface area contributed by atoms with Crippen LogP contribution in [0.2, 0.25) is 0 Å². The number of rotatable bonds is 4. The number of aryl methyl sites for hydroxylation is 1. The van der Waals surface area contributed by atoms with E-state index in [-0.39, 0.29) is 6.54 Å². The Morgan fingerprint density at radius 3 is 2.68 bits per heavy atom. The van der Waals surface area contributed by atoms with Gasteiger partial charge in [0.2, 0.25) is 5.91 Å². The zero-order chi connectivity index (χ0) is 15.9. The molecular formula is C15H16N2O3S2. The van der Waals surface area contributed by atoms with Crippen molar-refractivity contribution in [3.63, 3.8) is 0 Å². The molecule has 2 heterocycles. The fourth-order valence-corrected chi connectivity index (χ4v) is 5.55. The SMILES string of the molecule is CCc1ccc(S(=O)(=O)N2C[C@H](C(N)=O)c3ccccc32)s1. The number of nitrogens with two attached hydrogens (primary N) is 1. The van der Waals surface area contributed by atoms with Crippen molar-refractivity contribution in [2.75, 3.05) is 10.8 Å². The number of primary amides is 1. The highest BCUT2D eigenvalue weighted by atomic mass is 32.2. The third kappa shape index (κ3) is 2.30. The number of carbonyl (C=O) groups excluding carboxylic acids is 1. The van der Waals surface area contributed by atoms with E-state index in [0.717, 1.165) is 11.3 Å². The standard InChI is InChI=1S/C15H16N2O3S2/c1-2-10-7-8-14(21-10)22(19,20)17-9-12(15(16)18)11-5-3-4-6-13(11)17/h3-8,12H,2,9H2,1H3,(H2,16,18)/t12-/m0/s1. The Morgan fingerprint density at radius 1 is 1.32 bits per heavy atom. The molecule has 2 N–H and O–H groups in total. The Morgan fingerprint density at radius 2 is 2.05 bits per heavy atom. The van der Waals surface area contributed by atoms with Crippen LogP contribution in [0, 0.1) is 0 Å². The smallest absolute Gasteiger partial charge is 0.273 e. The van der Waals surface area contributed by atoms with Crippen LogP contribution >= 0.6 is 11.3 Å². The van der Waals surface area contributed by atoms with Crippen LogP contribution < -0.4 is 10.0 Å². The van der Waals surface area contributed by atoms with Gasteiger partial charge in [0, 0.05) is 4.88 Å². The first-order chi connectivity index (χ1) is 10.4. The lowest BCUT2D eigenvalue weighted by molar-refractivity contribution is -0.119. The molecule has 0 aliphatic carbocycles. The molecule has 1 aromatic heterocycles. The van der Waals surface area contributed by atoms with Crippen molar-refractivity contribution in [3.8, 4) is 0 Å². The van der Waals surface area contributed by atoms with E-state index in [1.54, 1.807) is 30.3 Å². The van der Waals surface area contributed by atoms with E-state index in [1.807, 2.05) is 13.0 Å². The van der Waals surface area contributed by atoms with Gasteiger partial charge in [-0.3, -0.25) is 9.10 Å². The van der Waals surface area contributed by atoms with Crippen molar-refractivity contribution in [1.29, 1.82) is 0 Å². The molecule has 2 aromatic rings. The fourth-order valence-electron chi connectivity index (χ4n) is 2.64. The summed E-state index contributed by atoms with van der Waals surface area (Å²) in [5.41, 5.74) is 6.64. The lowest BCUT2D eigenvalue weighted by atomic mass is 10.0. The molecule has 7 heteroatoms. The summed E-state index contributed by atoms with van der Waals surface area (Å²) in [6.45, 7) is 2.05. The number of nitrogens with zero attached hydrogens (tertiary/aromatic N) is 1. The molecule has 0 radical (unpaired) electrons. The number of anilines is 1. The third-order valence-corrected chi connectivity index (χ3v) is 7.28. The molecule has 0 fully saturated rings. The first-order valence-electron chi connectivity index (χ1n) is 6.95. The number of carbonyl (C=O) groups is 1. The number of sulfonamides is 1. The van der Waals surface area contributed by atoms with Gasteiger partial charge in [-0.2, -0.15) is 0 Å². The predicted octanol–water partition coefficient (Wildman–Crippen LogP) is 2.09. The summed E-state index contributed by atoms with van der Waals surface area (Å²) in [7, 11) is -3.66. The van der Waals surface area contributed by atoms with Crippen LogP contribution in [0.1, 0.15) is 23.3 Å². The fraction of sp³-hybridized carbons (Fsp3) is 0.267. The Labute approximate surface area is 133 Å². The number of para-hydroxylation sites is 1. The van der Waals surface area contributed by atoms with Crippen molar-refractivity contribution in [1.82, 2.24) is 0 Å². The second kappa shape index (κ2) is 5.40. The summed E-state index contributed by atoms with van der Waals surface area (Å²) >= 11 is 1.27. The second-order valence-electron chi connectivity index (χ2n) is 5.12. The molecule has 1 atom stereocenters. The minimum atomic E-state index is -3.66. The van der Waals surface area contributed by atoms with Gasteiger partial charge in [-0.15, -0.1) is 11.3 Å². The maximum Gasteiger partial charge on any atom is 0.273 e. The van der Waals surface area contributed by atoms with E-state index < -0.39 is 21.8 Å². The Kier molecular flexibility index (Phi) is 3.70. The van der Waals surface area contributed by atoms with Gasteiger partial charge in [0.15, 0.2) is 0 Å². The highest BCUT2D eigenvalue weighted by Gasteiger charge is 2.39. The van der Waals surface area contributed by atoms with Gasteiger partial charge < -0.3 is 5.73 Å². The molecule has 1 aliphatic rings. The van der Waals surface area contributed by atoms with E-state index in [0.29, 0.717) is 15.5 Å². The van der Waals surface area contributed by atoms with Crippen LogP contribution in [-0.4, -0.2) is 20.9 Å². The van der Waals surface area contributed by atoms with E-state index >= 15 is 0 Å². The first-order valence-corrected chi connectivity index (χ1v) is 9.20. The van der Waals surface area contributed by atoms with E-state index in [4.69, 9.17) is 5.73 Å². The largest absolute Gasteiger partial charge is 0.369 e. The lowest BCUT2D eigenvalue weighted by Gasteiger charge is -2.18. The van der Waals surface area contributed by atoms with Gasteiger partial charge in [-0.05, 0) is 30.2 Å². The van der Waals surface area contributed by atoms with Crippen molar-refractivity contribution < 1.29 is 13.2 Å². The number of hydrogen-bond acceptors (Lipinski definition) is 4. The molecule has 0 bridgehead atoms. The van der Waals surface area contributed by atoms with Gasteiger partial charge in [0.1, 0.15) is 4.21 Å². The molecule has 22 heavy (non-hydrogen) atoms. The minimum absolute atomic E-state index is 0.0658. The Bertz CT molecular complexity index is 827. The average Bonchev–Trinajstić information content (AvgIpc) is 3.12. The van der Waals surface area contributed by atoms with E-state index in [2.05, 4.69) is 0 Å². The van der Waals surface area contributed by atoms with Crippen molar-refractivity contribution >= 4 is 33.0 Å². The molecule has 1 amide bonds. The number of hydrogen-bond donors (Lipinski definition) is 1. The van der Waals surface area contributed by atoms with Gasteiger partial charge in [0.25, 0.3) is 10.0 Å². The molecular weight excluding hydrogens is 320 g/mol. The zero-order valence-electron chi connectivity index (χ0n) is 12.0. The number of amides is 1. The van der Waals surface area contributed by atoms with Crippen molar-refractivity contribution in [2.45, 2.75) is 23.5 Å². The van der Waals surface area contributed by atoms with Gasteiger partial charge in [-0.25, -0.2) is 8.42 Å². The maximum absolute atomic E-state index is 12.9. The normalized spacial score (nSPS) is 17.5. The molecule has 5 nitrogen and oxygen atoms in total. The highest BCUT2D eigenvalue weighted by Crippen LogP contribution is 2.40. The molecule has 1 aliphatic heterocycles. The maximum atomic E-state index is 12.9. The average molecular weight is 336 g/mol. The van der Waals surface area contributed by atoms with Crippen LogP contribution in [0.5, 0.6) is 0 Å². The summed E-state index contributed by atoms with van der Waals surface area (Å²) in [6, 6.07) is 10.5. The van der Waals surface area contributed by atoms with Crippen LogP contribution in [0.4, 0.5) is 5.69 Å². The summed E-state index contributed by atoms with van der Waals surface area (Å²) in [6.07, 6.45) is 0.792. The predicted molar refractivity (Wildman–Crippen MR) is 86.6 cm³/mol. The Hall–Kier alpha value is -1.86. The first kappa shape index (κ1) is 15.1. The molecule has 0 saturated heterocycles. The molecule has 3 rings (SSSR count). The topological polar surface area (TPSA) is 80.5 Å². The molecule has 0 spiro atoms. The van der Waals surface area contributed by atoms with Crippen molar-refractivity contribution in [3.05, 3.63) is 46.8 Å². The third-order valence-electron chi connectivity index (χ3n) is 3.80. The van der Waals surface area contributed by atoms with E-state index in [9.17, 15) is 13.2 Å². The highest BCUT2D eigenvalue weighted by molar-refractivity contribution is 7.94. The summed E-state index contributed by atoms with van der Waals surface area (Å²) < 4.78 is 27.3. The van der Waals surface area contributed by atoms with Gasteiger partial charge in [0.05, 0.1) is 18.2 Å². The Balaban J connectivity index is 2.07. The minimum Gasteiger partial charge on any atom is -0.369 e. The molecule has 116 valence electrons.